The lowest BCUT2D eigenvalue weighted by Crippen LogP contribution is -2.19. The lowest BCUT2D eigenvalue weighted by atomic mass is 10.3. The second-order valence-electron chi connectivity index (χ2n) is 2.70. The molecule has 1 aromatic heterocycles. The molecule has 1 heterocycles. The zero-order valence-electron chi connectivity index (χ0n) is 7.68. The molecule has 0 saturated heterocycles. The number of aliphatic hydroxyl groups is 1. The SMILES string of the molecule is OCc1nc(CCl)c(OC(F)(F)F)cc1I. The first-order valence-electron chi connectivity index (χ1n) is 3.98. The average molecular weight is 367 g/mol. The molecule has 0 spiro atoms. The molecule has 0 radical (unpaired) electrons. The van der Waals surface area contributed by atoms with Crippen LogP contribution in [-0.4, -0.2) is 16.5 Å². The van der Waals surface area contributed by atoms with E-state index < -0.39 is 12.1 Å². The van der Waals surface area contributed by atoms with Crippen LogP contribution in [0.4, 0.5) is 13.2 Å². The highest BCUT2D eigenvalue weighted by Gasteiger charge is 2.32. The molecule has 0 aromatic carbocycles. The van der Waals surface area contributed by atoms with E-state index in [1.807, 2.05) is 0 Å². The Morgan fingerprint density at radius 1 is 1.44 bits per heavy atom. The Morgan fingerprint density at radius 3 is 2.50 bits per heavy atom. The molecule has 1 N–H and O–H groups in total. The highest BCUT2D eigenvalue weighted by Crippen LogP contribution is 2.29. The van der Waals surface area contributed by atoms with Crippen LogP contribution in [-0.2, 0) is 12.5 Å². The van der Waals surface area contributed by atoms with Gasteiger partial charge in [-0.25, -0.2) is 4.98 Å². The number of aliphatic hydroxyl groups excluding tert-OH is 1. The van der Waals surface area contributed by atoms with Crippen LogP contribution >= 0.6 is 34.2 Å². The van der Waals surface area contributed by atoms with Crippen LogP contribution in [0.1, 0.15) is 11.4 Å². The predicted molar refractivity (Wildman–Crippen MR) is 59.1 cm³/mol. The molecule has 16 heavy (non-hydrogen) atoms. The van der Waals surface area contributed by atoms with Crippen LogP contribution in [0.3, 0.4) is 0 Å². The average Bonchev–Trinajstić information content (AvgIpc) is 2.16. The normalized spacial score (nSPS) is 11.6. The van der Waals surface area contributed by atoms with E-state index in [9.17, 15) is 13.2 Å². The van der Waals surface area contributed by atoms with Crippen molar-refractivity contribution in [1.29, 1.82) is 0 Å². The van der Waals surface area contributed by atoms with Crippen molar-refractivity contribution >= 4 is 34.2 Å². The Morgan fingerprint density at radius 2 is 2.06 bits per heavy atom. The van der Waals surface area contributed by atoms with Gasteiger partial charge in [0.2, 0.25) is 0 Å². The summed E-state index contributed by atoms with van der Waals surface area (Å²) >= 11 is 7.21. The van der Waals surface area contributed by atoms with Gasteiger partial charge in [-0.15, -0.1) is 24.8 Å². The maximum atomic E-state index is 12.0. The molecule has 8 heteroatoms. The van der Waals surface area contributed by atoms with Crippen molar-refractivity contribution in [3.63, 3.8) is 0 Å². The van der Waals surface area contributed by atoms with Gasteiger partial charge in [-0.05, 0) is 28.7 Å². The Labute approximate surface area is 108 Å². The van der Waals surface area contributed by atoms with E-state index >= 15 is 0 Å². The van der Waals surface area contributed by atoms with E-state index in [2.05, 4.69) is 9.72 Å². The molecule has 0 bridgehead atoms. The second-order valence-corrected chi connectivity index (χ2v) is 4.13. The molecular formula is C8H6ClF3INO2. The first-order chi connectivity index (χ1) is 7.37. The highest BCUT2D eigenvalue weighted by molar-refractivity contribution is 14.1. The van der Waals surface area contributed by atoms with Crippen molar-refractivity contribution in [3.05, 3.63) is 21.0 Å². The van der Waals surface area contributed by atoms with Crippen LogP contribution in [0, 0.1) is 3.57 Å². The summed E-state index contributed by atoms with van der Waals surface area (Å²) in [6.07, 6.45) is -4.79. The molecule has 90 valence electrons. The maximum Gasteiger partial charge on any atom is 0.573 e. The number of nitrogens with zero attached hydrogens (tertiary/aromatic N) is 1. The van der Waals surface area contributed by atoms with Crippen LogP contribution in [0.2, 0.25) is 0 Å². The number of hydrogen-bond donors (Lipinski definition) is 1. The number of hydrogen-bond acceptors (Lipinski definition) is 3. The molecule has 1 rings (SSSR count). The highest BCUT2D eigenvalue weighted by atomic mass is 127. The Hall–Kier alpha value is -0.280. The number of rotatable bonds is 3. The van der Waals surface area contributed by atoms with Crippen molar-refractivity contribution in [1.82, 2.24) is 4.98 Å². The number of pyridine rings is 1. The minimum absolute atomic E-state index is 0.0524. The van der Waals surface area contributed by atoms with Crippen LogP contribution in [0.25, 0.3) is 0 Å². The third-order valence-corrected chi connectivity index (χ3v) is 2.78. The quantitative estimate of drug-likeness (QED) is 0.660. The lowest BCUT2D eigenvalue weighted by molar-refractivity contribution is -0.275. The van der Waals surface area contributed by atoms with Gasteiger partial charge in [0.25, 0.3) is 0 Å². The van der Waals surface area contributed by atoms with Crippen LogP contribution in [0.15, 0.2) is 6.07 Å². The van der Waals surface area contributed by atoms with E-state index in [0.717, 1.165) is 6.07 Å². The van der Waals surface area contributed by atoms with Crippen molar-refractivity contribution in [2.24, 2.45) is 0 Å². The molecule has 0 fully saturated rings. The van der Waals surface area contributed by atoms with E-state index in [1.165, 1.54) is 0 Å². The summed E-state index contributed by atoms with van der Waals surface area (Å²) < 4.78 is 40.2. The van der Waals surface area contributed by atoms with E-state index in [4.69, 9.17) is 16.7 Å². The Bertz CT molecular complexity index is 386. The minimum atomic E-state index is -4.79. The van der Waals surface area contributed by atoms with Gasteiger partial charge < -0.3 is 9.84 Å². The molecule has 1 aromatic rings. The molecular weight excluding hydrogens is 361 g/mol. The van der Waals surface area contributed by atoms with Gasteiger partial charge >= 0.3 is 6.36 Å². The second kappa shape index (κ2) is 5.37. The fraction of sp³-hybridized carbons (Fsp3) is 0.375. The minimum Gasteiger partial charge on any atom is -0.404 e. The summed E-state index contributed by atoms with van der Waals surface area (Å²) in [5.74, 6) is -0.667. The summed E-state index contributed by atoms with van der Waals surface area (Å²) in [6.45, 7) is -0.367. The summed E-state index contributed by atoms with van der Waals surface area (Å²) in [4.78, 5) is 3.78. The maximum absolute atomic E-state index is 12.0. The lowest BCUT2D eigenvalue weighted by Gasteiger charge is -2.13. The van der Waals surface area contributed by atoms with Crippen molar-refractivity contribution in [3.8, 4) is 5.75 Å². The third-order valence-electron chi connectivity index (χ3n) is 1.59. The van der Waals surface area contributed by atoms with Crippen LogP contribution in [0.5, 0.6) is 5.75 Å². The van der Waals surface area contributed by atoms with Crippen molar-refractivity contribution in [2.45, 2.75) is 18.8 Å². The summed E-state index contributed by atoms with van der Waals surface area (Å²) in [6, 6.07) is 1.14. The van der Waals surface area contributed by atoms with Gasteiger partial charge in [0.05, 0.1) is 23.9 Å². The fourth-order valence-corrected chi connectivity index (χ4v) is 1.74. The van der Waals surface area contributed by atoms with Crippen molar-refractivity contribution in [2.75, 3.05) is 0 Å². The zero-order chi connectivity index (χ0) is 12.3. The van der Waals surface area contributed by atoms with Gasteiger partial charge in [-0.1, -0.05) is 0 Å². The van der Waals surface area contributed by atoms with Gasteiger partial charge in [-0.2, -0.15) is 0 Å². The zero-order valence-corrected chi connectivity index (χ0v) is 10.6. The standard InChI is InChI=1S/C8H6ClF3INO2/c9-2-5-7(16-8(10,11)12)1-4(13)6(3-15)14-5/h1,15H,2-3H2. The molecule has 0 aliphatic heterocycles. The molecule has 0 aliphatic carbocycles. The molecule has 0 aliphatic rings. The van der Waals surface area contributed by atoms with Gasteiger partial charge in [-0.3, -0.25) is 0 Å². The molecule has 0 saturated carbocycles. The smallest absolute Gasteiger partial charge is 0.404 e. The predicted octanol–water partition coefficient (Wildman–Crippen LogP) is 2.82. The topological polar surface area (TPSA) is 42.4 Å². The van der Waals surface area contributed by atoms with Crippen LogP contribution < -0.4 is 4.74 Å². The Kier molecular flexibility index (Phi) is 4.62. The number of alkyl halides is 4. The fourth-order valence-electron chi connectivity index (χ4n) is 0.973. The summed E-state index contributed by atoms with van der Waals surface area (Å²) in [5.41, 5.74) is 0.217. The summed E-state index contributed by atoms with van der Waals surface area (Å²) in [7, 11) is 0. The third kappa shape index (κ3) is 3.63. The van der Waals surface area contributed by atoms with Gasteiger partial charge in [0, 0.05) is 3.57 Å². The van der Waals surface area contributed by atoms with E-state index in [1.54, 1.807) is 22.6 Å². The van der Waals surface area contributed by atoms with Crippen molar-refractivity contribution < 1.29 is 23.0 Å². The largest absolute Gasteiger partial charge is 0.573 e. The van der Waals surface area contributed by atoms with E-state index in [-0.39, 0.29) is 23.9 Å². The molecule has 0 amide bonds. The summed E-state index contributed by atoms with van der Waals surface area (Å²) in [5, 5.41) is 8.89. The first kappa shape index (κ1) is 13.8. The van der Waals surface area contributed by atoms with Gasteiger partial charge in [0.1, 0.15) is 0 Å². The molecule has 0 atom stereocenters. The first-order valence-corrected chi connectivity index (χ1v) is 5.59. The molecule has 0 unspecified atom stereocenters. The van der Waals surface area contributed by atoms with E-state index in [0.29, 0.717) is 3.57 Å². The monoisotopic (exact) mass is 367 g/mol. The number of aromatic nitrogens is 1. The molecule has 3 nitrogen and oxygen atoms in total. The number of ether oxygens (including phenoxy) is 1. The Balaban J connectivity index is 3.13. The number of halogens is 5. The van der Waals surface area contributed by atoms with Gasteiger partial charge in [0.15, 0.2) is 5.75 Å².